The van der Waals surface area contributed by atoms with E-state index in [0.29, 0.717) is 24.2 Å². The Labute approximate surface area is 166 Å². The molecule has 2 aromatic rings. The van der Waals surface area contributed by atoms with Crippen LogP contribution in [0, 0.1) is 5.92 Å². The Morgan fingerprint density at radius 3 is 2.65 bits per heavy atom. The van der Waals surface area contributed by atoms with E-state index in [1.165, 1.54) is 11.3 Å². The molecule has 0 N–H and O–H groups in total. The summed E-state index contributed by atoms with van der Waals surface area (Å²) in [6.07, 6.45) is 1.61. The van der Waals surface area contributed by atoms with E-state index in [1.807, 2.05) is 32.9 Å². The minimum absolute atomic E-state index is 0.0415. The third-order valence-corrected chi connectivity index (χ3v) is 5.64. The predicted molar refractivity (Wildman–Crippen MR) is 106 cm³/mol. The van der Waals surface area contributed by atoms with Crippen LogP contribution in [0.2, 0.25) is 0 Å². The number of carbonyl (C=O) groups excluding carboxylic acids is 1. The minimum Gasteiger partial charge on any atom is -0.467 e. The highest BCUT2D eigenvalue weighted by Crippen LogP contribution is 2.31. The third kappa shape index (κ3) is 4.85. The summed E-state index contributed by atoms with van der Waals surface area (Å²) in [6.45, 7) is 9.13. The zero-order valence-electron chi connectivity index (χ0n) is 15.5. The molecule has 8 heteroatoms. The second-order valence-electron chi connectivity index (χ2n) is 7.57. The highest BCUT2D eigenvalue weighted by Gasteiger charge is 2.30. The maximum atomic E-state index is 12.2. The van der Waals surface area contributed by atoms with Crippen LogP contribution in [0.5, 0.6) is 5.19 Å². The number of rotatable bonds is 3. The van der Waals surface area contributed by atoms with Gasteiger partial charge < -0.3 is 14.4 Å². The van der Waals surface area contributed by atoms with Crippen LogP contribution in [0.1, 0.15) is 40.5 Å². The molecular formula is C18H24BrN3O3S. The van der Waals surface area contributed by atoms with Crippen LogP contribution in [-0.4, -0.2) is 45.8 Å². The lowest BCUT2D eigenvalue weighted by Crippen LogP contribution is -2.44. The minimum atomic E-state index is -0.458. The molecule has 1 aliphatic rings. The molecule has 0 bridgehead atoms. The van der Waals surface area contributed by atoms with Crippen molar-refractivity contribution < 1.29 is 14.3 Å². The number of aromatic nitrogens is 2. The fourth-order valence-corrected chi connectivity index (χ4v) is 4.26. The fourth-order valence-electron chi connectivity index (χ4n) is 2.96. The lowest BCUT2D eigenvalue weighted by atomic mass is 9.92. The molecule has 1 fully saturated rings. The van der Waals surface area contributed by atoms with Crippen molar-refractivity contribution in [2.24, 2.45) is 5.92 Å². The molecule has 1 saturated heterocycles. The summed E-state index contributed by atoms with van der Waals surface area (Å²) in [4.78, 5) is 23.7. The SMILES string of the molecule is CC(Oc1nc2ccc(Br)nc2s1)C1CCN(C(=O)OC(C)(C)C)CC1. The zero-order valence-corrected chi connectivity index (χ0v) is 17.9. The summed E-state index contributed by atoms with van der Waals surface area (Å²) < 4.78 is 12.3. The standard InChI is InChI=1S/C18H24BrN3O3S/c1-11(24-16-20-13-5-6-14(19)21-15(13)26-16)12-7-9-22(10-8-12)17(23)25-18(2,3)4/h5-6,11-12H,7-10H2,1-4H3. The number of hydrogen-bond donors (Lipinski definition) is 0. The van der Waals surface area contributed by atoms with Crippen LogP contribution in [0.4, 0.5) is 4.79 Å². The van der Waals surface area contributed by atoms with Crippen molar-refractivity contribution >= 4 is 43.7 Å². The monoisotopic (exact) mass is 441 g/mol. The number of hydrogen-bond acceptors (Lipinski definition) is 6. The molecule has 1 unspecified atom stereocenters. The van der Waals surface area contributed by atoms with Crippen LogP contribution in [0.3, 0.4) is 0 Å². The molecule has 0 aromatic carbocycles. The summed E-state index contributed by atoms with van der Waals surface area (Å²) >= 11 is 4.83. The number of nitrogens with zero attached hydrogens (tertiary/aromatic N) is 3. The van der Waals surface area contributed by atoms with E-state index in [4.69, 9.17) is 9.47 Å². The summed E-state index contributed by atoms with van der Waals surface area (Å²) in [7, 11) is 0. The van der Waals surface area contributed by atoms with E-state index < -0.39 is 5.60 Å². The smallest absolute Gasteiger partial charge is 0.410 e. The number of thiazole rings is 1. The molecule has 0 radical (unpaired) electrons. The van der Waals surface area contributed by atoms with Crippen LogP contribution >= 0.6 is 27.3 Å². The molecule has 142 valence electrons. The van der Waals surface area contributed by atoms with Gasteiger partial charge in [0.25, 0.3) is 5.19 Å². The maximum absolute atomic E-state index is 12.2. The molecule has 1 atom stereocenters. The van der Waals surface area contributed by atoms with E-state index in [9.17, 15) is 4.79 Å². The maximum Gasteiger partial charge on any atom is 0.410 e. The fraction of sp³-hybridized carbons (Fsp3) is 0.611. The first-order chi connectivity index (χ1) is 12.2. The van der Waals surface area contributed by atoms with Gasteiger partial charge in [0.1, 0.15) is 26.7 Å². The first-order valence-corrected chi connectivity index (χ1v) is 10.4. The van der Waals surface area contributed by atoms with Crippen molar-refractivity contribution in [2.45, 2.75) is 52.2 Å². The van der Waals surface area contributed by atoms with E-state index in [-0.39, 0.29) is 12.2 Å². The van der Waals surface area contributed by atoms with Gasteiger partial charge in [-0.2, -0.15) is 0 Å². The summed E-state index contributed by atoms with van der Waals surface area (Å²) in [5.74, 6) is 0.389. The highest BCUT2D eigenvalue weighted by molar-refractivity contribution is 9.10. The number of fused-ring (bicyclic) bond motifs is 1. The van der Waals surface area contributed by atoms with Gasteiger partial charge in [-0.25, -0.2) is 14.8 Å². The lowest BCUT2D eigenvalue weighted by molar-refractivity contribution is 0.0121. The normalized spacial score (nSPS) is 17.3. The van der Waals surface area contributed by atoms with Gasteiger partial charge in [0.2, 0.25) is 0 Å². The molecule has 3 rings (SSSR count). The zero-order chi connectivity index (χ0) is 18.9. The van der Waals surface area contributed by atoms with Crippen LogP contribution in [0.15, 0.2) is 16.7 Å². The molecule has 1 aliphatic heterocycles. The average Bonchev–Trinajstić information content (AvgIpc) is 2.94. The van der Waals surface area contributed by atoms with Gasteiger partial charge in [0.05, 0.1) is 0 Å². The molecule has 0 saturated carbocycles. The third-order valence-electron chi connectivity index (χ3n) is 4.34. The summed E-state index contributed by atoms with van der Waals surface area (Å²) in [5, 5.41) is 0.646. The Morgan fingerprint density at radius 1 is 1.31 bits per heavy atom. The Bertz CT molecular complexity index is 782. The molecule has 1 amide bonds. The molecule has 2 aromatic heterocycles. The molecule has 6 nitrogen and oxygen atoms in total. The quantitative estimate of drug-likeness (QED) is 0.635. The van der Waals surface area contributed by atoms with Crippen molar-refractivity contribution in [1.29, 1.82) is 0 Å². The predicted octanol–water partition coefficient (Wildman–Crippen LogP) is 4.87. The van der Waals surface area contributed by atoms with E-state index in [1.54, 1.807) is 4.90 Å². The van der Waals surface area contributed by atoms with Crippen molar-refractivity contribution in [3.05, 3.63) is 16.7 Å². The largest absolute Gasteiger partial charge is 0.467 e. The van der Waals surface area contributed by atoms with Gasteiger partial charge >= 0.3 is 6.09 Å². The number of halogens is 1. The molecule has 3 heterocycles. The number of ether oxygens (including phenoxy) is 2. The van der Waals surface area contributed by atoms with Crippen LogP contribution in [-0.2, 0) is 4.74 Å². The molecule has 0 spiro atoms. The number of carbonyl (C=O) groups is 1. The van der Waals surface area contributed by atoms with Gasteiger partial charge in [-0.15, -0.1) is 0 Å². The van der Waals surface area contributed by atoms with Gasteiger partial charge in [-0.1, -0.05) is 11.3 Å². The number of piperidine rings is 1. The van der Waals surface area contributed by atoms with Crippen LogP contribution < -0.4 is 4.74 Å². The Balaban J connectivity index is 1.54. The van der Waals surface area contributed by atoms with Gasteiger partial charge in [-0.3, -0.25) is 0 Å². The average molecular weight is 442 g/mol. The Hall–Kier alpha value is -1.41. The lowest BCUT2D eigenvalue weighted by Gasteiger charge is -2.35. The summed E-state index contributed by atoms with van der Waals surface area (Å²) in [6, 6.07) is 3.81. The molecular weight excluding hydrogens is 418 g/mol. The van der Waals surface area contributed by atoms with Crippen molar-refractivity contribution in [3.8, 4) is 5.19 Å². The number of amides is 1. The van der Waals surface area contributed by atoms with E-state index >= 15 is 0 Å². The Morgan fingerprint density at radius 2 is 2.00 bits per heavy atom. The topological polar surface area (TPSA) is 64.6 Å². The van der Waals surface area contributed by atoms with Gasteiger partial charge in [0, 0.05) is 13.1 Å². The second kappa shape index (κ2) is 7.68. The van der Waals surface area contributed by atoms with Crippen molar-refractivity contribution in [1.82, 2.24) is 14.9 Å². The van der Waals surface area contributed by atoms with Gasteiger partial charge in [0.15, 0.2) is 0 Å². The number of pyridine rings is 1. The van der Waals surface area contributed by atoms with E-state index in [2.05, 4.69) is 32.8 Å². The highest BCUT2D eigenvalue weighted by atomic mass is 79.9. The van der Waals surface area contributed by atoms with Crippen molar-refractivity contribution in [3.63, 3.8) is 0 Å². The Kier molecular flexibility index (Phi) is 5.72. The molecule has 0 aliphatic carbocycles. The first-order valence-electron chi connectivity index (χ1n) is 8.79. The van der Waals surface area contributed by atoms with E-state index in [0.717, 1.165) is 27.8 Å². The second-order valence-corrected chi connectivity index (χ2v) is 9.32. The van der Waals surface area contributed by atoms with Crippen LogP contribution in [0.25, 0.3) is 10.3 Å². The summed E-state index contributed by atoms with van der Waals surface area (Å²) in [5.41, 5.74) is 0.389. The van der Waals surface area contributed by atoms with Gasteiger partial charge in [-0.05, 0) is 74.5 Å². The van der Waals surface area contributed by atoms with Crippen molar-refractivity contribution in [2.75, 3.05) is 13.1 Å². The molecule has 26 heavy (non-hydrogen) atoms. The first kappa shape index (κ1) is 19.4. The number of likely N-dealkylation sites (tertiary alicyclic amines) is 1.